The van der Waals surface area contributed by atoms with E-state index in [1.165, 1.54) is 0 Å². The number of ether oxygens (including phenoxy) is 1. The van der Waals surface area contributed by atoms with Gasteiger partial charge < -0.3 is 9.64 Å². The van der Waals surface area contributed by atoms with Crippen LogP contribution in [0.15, 0.2) is 46.9 Å². The van der Waals surface area contributed by atoms with Crippen molar-refractivity contribution in [2.75, 3.05) is 27.2 Å². The van der Waals surface area contributed by atoms with Crippen molar-refractivity contribution < 1.29 is 9.53 Å². The van der Waals surface area contributed by atoms with E-state index in [1.807, 2.05) is 12.1 Å². The summed E-state index contributed by atoms with van der Waals surface area (Å²) in [5.41, 5.74) is 1.49. The van der Waals surface area contributed by atoms with Crippen LogP contribution in [0.1, 0.15) is 34.7 Å². The van der Waals surface area contributed by atoms with E-state index in [0.717, 1.165) is 29.4 Å². The largest absolute Gasteiger partial charge is 0.461 e. The minimum Gasteiger partial charge on any atom is -0.461 e. The number of halogens is 3. The molecule has 26 heavy (non-hydrogen) atoms. The van der Waals surface area contributed by atoms with Gasteiger partial charge in [0.2, 0.25) is 0 Å². The molecule has 2 aromatic carbocycles. The van der Waals surface area contributed by atoms with Crippen LogP contribution in [0.5, 0.6) is 0 Å². The lowest BCUT2D eigenvalue weighted by atomic mass is 9.95. The van der Waals surface area contributed by atoms with Crippen molar-refractivity contribution in [2.24, 2.45) is 0 Å². The molecule has 0 radical (unpaired) electrons. The van der Waals surface area contributed by atoms with Crippen LogP contribution in [0.4, 0.5) is 0 Å². The number of rotatable bonds is 8. The van der Waals surface area contributed by atoms with Crippen LogP contribution in [0.2, 0.25) is 10.0 Å². The molecule has 0 aliphatic carbocycles. The summed E-state index contributed by atoms with van der Waals surface area (Å²) in [4.78, 5) is 14.5. The smallest absolute Gasteiger partial charge is 0.339 e. The van der Waals surface area contributed by atoms with Gasteiger partial charge in [0.1, 0.15) is 0 Å². The molecular weight excluding hydrogens is 437 g/mol. The van der Waals surface area contributed by atoms with Gasteiger partial charge in [0, 0.05) is 15.4 Å². The van der Waals surface area contributed by atoms with Gasteiger partial charge >= 0.3 is 5.97 Å². The number of nitrogens with zero attached hydrogens (tertiary/aromatic N) is 1. The average Bonchev–Trinajstić information content (AvgIpc) is 2.58. The topological polar surface area (TPSA) is 29.5 Å². The quantitative estimate of drug-likeness (QED) is 0.451. The fraction of sp³-hybridized carbons (Fsp3) is 0.350. The molecule has 0 saturated carbocycles. The highest BCUT2D eigenvalue weighted by Crippen LogP contribution is 2.26. The van der Waals surface area contributed by atoms with Gasteiger partial charge in [0.05, 0.1) is 17.2 Å². The second-order valence-electron chi connectivity index (χ2n) is 6.42. The second kappa shape index (κ2) is 10.3. The van der Waals surface area contributed by atoms with E-state index in [2.05, 4.69) is 47.1 Å². The molecule has 2 rings (SSSR count). The molecule has 1 atom stereocenters. The molecule has 6 heteroatoms. The average molecular weight is 459 g/mol. The summed E-state index contributed by atoms with van der Waals surface area (Å²) >= 11 is 15.4. The molecular formula is C20H22BrCl2NO2. The van der Waals surface area contributed by atoms with E-state index >= 15 is 0 Å². The third kappa shape index (κ3) is 6.58. The lowest BCUT2D eigenvalue weighted by molar-refractivity contribution is 0.0474. The molecule has 3 nitrogen and oxygen atoms in total. The highest BCUT2D eigenvalue weighted by Gasteiger charge is 2.17. The Morgan fingerprint density at radius 2 is 1.85 bits per heavy atom. The van der Waals surface area contributed by atoms with Gasteiger partial charge in [-0.15, -0.1) is 0 Å². The van der Waals surface area contributed by atoms with E-state index in [4.69, 9.17) is 27.9 Å². The Kier molecular flexibility index (Phi) is 8.42. The molecule has 0 N–H and O–H groups in total. The van der Waals surface area contributed by atoms with E-state index in [1.54, 1.807) is 18.2 Å². The predicted octanol–water partition coefficient (Wildman–Crippen LogP) is 6.04. The summed E-state index contributed by atoms with van der Waals surface area (Å²) in [6.45, 7) is 1.30. The van der Waals surface area contributed by atoms with Gasteiger partial charge in [-0.3, -0.25) is 0 Å². The highest BCUT2D eigenvalue weighted by atomic mass is 79.9. The van der Waals surface area contributed by atoms with Crippen LogP contribution in [0, 0.1) is 0 Å². The third-order valence-corrected chi connectivity index (χ3v) is 5.14. The number of benzene rings is 2. The zero-order chi connectivity index (χ0) is 19.1. The zero-order valence-electron chi connectivity index (χ0n) is 14.8. The first-order chi connectivity index (χ1) is 12.4. The molecule has 1 unspecified atom stereocenters. The standard InChI is InChI=1S/C20H22BrCl2NO2/c1-24(2)11-3-4-15(14-5-7-16(21)8-6-14)13-26-20(25)18-10-9-17(22)12-19(18)23/h5-10,12,15H,3-4,11,13H2,1-2H3. The maximum atomic E-state index is 12.4. The number of hydrogen-bond acceptors (Lipinski definition) is 3. The van der Waals surface area contributed by atoms with Gasteiger partial charge in [-0.2, -0.15) is 0 Å². The normalized spacial score (nSPS) is 12.2. The molecule has 140 valence electrons. The first-order valence-corrected chi connectivity index (χ1v) is 9.94. The maximum absolute atomic E-state index is 12.4. The maximum Gasteiger partial charge on any atom is 0.339 e. The lowest BCUT2D eigenvalue weighted by Gasteiger charge is -2.19. The Labute approximate surface area is 173 Å². The summed E-state index contributed by atoms with van der Waals surface area (Å²) < 4.78 is 6.59. The van der Waals surface area contributed by atoms with Crippen molar-refractivity contribution in [3.63, 3.8) is 0 Å². The minimum atomic E-state index is -0.429. The summed E-state index contributed by atoms with van der Waals surface area (Å²) in [6.07, 6.45) is 1.95. The molecule has 0 fully saturated rings. The molecule has 0 saturated heterocycles. The van der Waals surface area contributed by atoms with E-state index in [0.29, 0.717) is 22.2 Å². The predicted molar refractivity (Wildman–Crippen MR) is 111 cm³/mol. The van der Waals surface area contributed by atoms with Gasteiger partial charge in [-0.25, -0.2) is 4.79 Å². The molecule has 0 spiro atoms. The monoisotopic (exact) mass is 457 g/mol. The van der Waals surface area contributed by atoms with Crippen LogP contribution in [0.3, 0.4) is 0 Å². The molecule has 0 aromatic heterocycles. The van der Waals surface area contributed by atoms with Gasteiger partial charge in [0.25, 0.3) is 0 Å². The fourth-order valence-electron chi connectivity index (χ4n) is 2.64. The zero-order valence-corrected chi connectivity index (χ0v) is 17.9. The van der Waals surface area contributed by atoms with Crippen molar-refractivity contribution in [2.45, 2.75) is 18.8 Å². The first kappa shape index (κ1) is 21.2. The first-order valence-electron chi connectivity index (χ1n) is 8.39. The van der Waals surface area contributed by atoms with Crippen molar-refractivity contribution in [3.8, 4) is 0 Å². The molecule has 0 amide bonds. The Morgan fingerprint density at radius 1 is 1.15 bits per heavy atom. The Morgan fingerprint density at radius 3 is 2.46 bits per heavy atom. The Bertz CT molecular complexity index is 735. The van der Waals surface area contributed by atoms with Crippen LogP contribution in [0.25, 0.3) is 0 Å². The van der Waals surface area contributed by atoms with Crippen LogP contribution in [-0.4, -0.2) is 38.1 Å². The summed E-state index contributed by atoms with van der Waals surface area (Å²) in [7, 11) is 4.11. The molecule has 0 heterocycles. The van der Waals surface area contributed by atoms with E-state index < -0.39 is 5.97 Å². The fourth-order valence-corrected chi connectivity index (χ4v) is 3.39. The van der Waals surface area contributed by atoms with Crippen molar-refractivity contribution in [1.29, 1.82) is 0 Å². The molecule has 0 aliphatic heterocycles. The number of carbonyl (C=O) groups is 1. The molecule has 2 aromatic rings. The van der Waals surface area contributed by atoms with Crippen molar-refractivity contribution in [1.82, 2.24) is 4.90 Å². The van der Waals surface area contributed by atoms with E-state index in [-0.39, 0.29) is 5.92 Å². The van der Waals surface area contributed by atoms with E-state index in [9.17, 15) is 4.79 Å². The summed E-state index contributed by atoms with van der Waals surface area (Å²) in [5.74, 6) is -0.292. The van der Waals surface area contributed by atoms with Gasteiger partial charge in [-0.05, 0) is 69.4 Å². The van der Waals surface area contributed by atoms with Gasteiger partial charge in [-0.1, -0.05) is 51.3 Å². The Balaban J connectivity index is 2.05. The summed E-state index contributed by atoms with van der Waals surface area (Å²) in [5, 5.41) is 0.790. The number of carbonyl (C=O) groups excluding carboxylic acids is 1. The van der Waals surface area contributed by atoms with Crippen LogP contribution >= 0.6 is 39.1 Å². The number of hydrogen-bond donors (Lipinski definition) is 0. The minimum absolute atomic E-state index is 0.137. The number of esters is 1. The Hall–Kier alpha value is -1.07. The SMILES string of the molecule is CN(C)CCCC(COC(=O)c1ccc(Cl)cc1Cl)c1ccc(Br)cc1. The van der Waals surface area contributed by atoms with Gasteiger partial charge in [0.15, 0.2) is 0 Å². The van der Waals surface area contributed by atoms with Crippen molar-refractivity contribution >= 4 is 45.1 Å². The third-order valence-electron chi connectivity index (χ3n) is 4.07. The van der Waals surface area contributed by atoms with Crippen LogP contribution < -0.4 is 0 Å². The van der Waals surface area contributed by atoms with Crippen molar-refractivity contribution in [3.05, 3.63) is 68.1 Å². The molecule has 0 aliphatic rings. The second-order valence-corrected chi connectivity index (χ2v) is 8.18. The van der Waals surface area contributed by atoms with Crippen LogP contribution in [-0.2, 0) is 4.74 Å². The summed E-state index contributed by atoms with van der Waals surface area (Å²) in [6, 6.07) is 12.9. The lowest BCUT2D eigenvalue weighted by Crippen LogP contribution is -2.17. The highest BCUT2D eigenvalue weighted by molar-refractivity contribution is 9.10. The molecule has 0 bridgehead atoms.